The van der Waals surface area contributed by atoms with Crippen LogP contribution in [0.4, 0.5) is 11.4 Å². The van der Waals surface area contributed by atoms with Crippen LogP contribution in [0.15, 0.2) is 54.6 Å². The van der Waals surface area contributed by atoms with Gasteiger partial charge in [0, 0.05) is 11.4 Å². The number of nitrogens with one attached hydrogen (secondary N) is 2. The molecule has 1 fully saturated rings. The molecule has 150 valence electrons. The Morgan fingerprint density at radius 1 is 1.07 bits per heavy atom. The van der Waals surface area contributed by atoms with E-state index in [1.165, 1.54) is 0 Å². The second-order valence-electron chi connectivity index (χ2n) is 7.10. The van der Waals surface area contributed by atoms with Crippen molar-refractivity contribution in [2.24, 2.45) is 5.92 Å². The van der Waals surface area contributed by atoms with E-state index < -0.39 is 24.0 Å². The lowest BCUT2D eigenvalue weighted by Gasteiger charge is -2.22. The predicted octanol–water partition coefficient (Wildman–Crippen LogP) is 3.16. The fraction of sp³-hybridized carbons (Fsp3) is 0.318. The Morgan fingerprint density at radius 3 is 2.34 bits per heavy atom. The molecule has 3 rings (SSSR count). The summed E-state index contributed by atoms with van der Waals surface area (Å²) in [6, 6.07) is 19.0. The maximum Gasteiger partial charge on any atom is 0.344 e. The van der Waals surface area contributed by atoms with Crippen LogP contribution in [0.5, 0.6) is 5.75 Å². The Morgan fingerprint density at radius 2 is 1.72 bits per heavy atom. The molecule has 2 aromatic rings. The van der Waals surface area contributed by atoms with Crippen LogP contribution < -0.4 is 15.4 Å². The highest BCUT2D eigenvalue weighted by Crippen LogP contribution is 2.39. The molecule has 1 aliphatic rings. The molecule has 1 saturated carbocycles. The van der Waals surface area contributed by atoms with Gasteiger partial charge >= 0.3 is 5.97 Å². The van der Waals surface area contributed by atoms with E-state index in [9.17, 15) is 14.9 Å². The minimum Gasteiger partial charge on any atom is -0.482 e. The molecule has 0 spiro atoms. The predicted molar refractivity (Wildman–Crippen MR) is 108 cm³/mol. The molecule has 0 radical (unpaired) electrons. The molecule has 1 amide bonds. The molecule has 1 aliphatic carbocycles. The number of carbonyl (C=O) groups excluding carboxylic acids is 2. The summed E-state index contributed by atoms with van der Waals surface area (Å²) in [5, 5.41) is 15.1. The van der Waals surface area contributed by atoms with E-state index in [0.29, 0.717) is 5.75 Å². The monoisotopic (exact) mass is 393 g/mol. The maximum absolute atomic E-state index is 11.9. The molecule has 0 aromatic heterocycles. The number of nitrogens with zero attached hydrogens (tertiary/aromatic N) is 1. The van der Waals surface area contributed by atoms with Gasteiger partial charge in [-0.3, -0.25) is 4.79 Å². The highest BCUT2D eigenvalue weighted by Gasteiger charge is 2.43. The summed E-state index contributed by atoms with van der Waals surface area (Å²) in [4.78, 5) is 23.7. The molecule has 29 heavy (non-hydrogen) atoms. The van der Waals surface area contributed by atoms with Gasteiger partial charge in [0.05, 0.1) is 6.07 Å². The highest BCUT2D eigenvalue weighted by molar-refractivity contribution is 5.81. The van der Waals surface area contributed by atoms with Gasteiger partial charge in [0.25, 0.3) is 5.91 Å². The first kappa shape index (κ1) is 20.2. The van der Waals surface area contributed by atoms with Crippen molar-refractivity contribution in [1.29, 1.82) is 5.26 Å². The molecule has 0 heterocycles. The molecule has 7 heteroatoms. The third-order valence-electron chi connectivity index (χ3n) is 4.66. The first-order valence-electron chi connectivity index (χ1n) is 9.41. The van der Waals surface area contributed by atoms with E-state index in [1.807, 2.05) is 42.5 Å². The fourth-order valence-electron chi connectivity index (χ4n) is 2.86. The van der Waals surface area contributed by atoms with Gasteiger partial charge in [-0.15, -0.1) is 0 Å². The lowest BCUT2D eigenvalue weighted by molar-refractivity contribution is -0.150. The van der Waals surface area contributed by atoms with Gasteiger partial charge in [0.1, 0.15) is 11.3 Å². The summed E-state index contributed by atoms with van der Waals surface area (Å²) in [5.74, 6) is -0.479. The van der Waals surface area contributed by atoms with Crippen molar-refractivity contribution in [2.75, 3.05) is 18.5 Å². The molecule has 2 N–H and O–H groups in total. The van der Waals surface area contributed by atoms with Gasteiger partial charge in [0.2, 0.25) is 0 Å². The van der Waals surface area contributed by atoms with Gasteiger partial charge in [0.15, 0.2) is 13.2 Å². The minimum atomic E-state index is -0.907. The molecular weight excluding hydrogens is 370 g/mol. The zero-order valence-electron chi connectivity index (χ0n) is 16.2. The van der Waals surface area contributed by atoms with Gasteiger partial charge in [-0.25, -0.2) is 4.79 Å². The number of anilines is 2. The number of benzene rings is 2. The number of carbonyl (C=O) groups is 2. The van der Waals surface area contributed by atoms with Crippen molar-refractivity contribution >= 4 is 23.3 Å². The zero-order valence-corrected chi connectivity index (χ0v) is 16.2. The number of amides is 1. The summed E-state index contributed by atoms with van der Waals surface area (Å²) < 4.78 is 10.3. The highest BCUT2D eigenvalue weighted by atomic mass is 16.6. The van der Waals surface area contributed by atoms with E-state index >= 15 is 0 Å². The van der Waals surface area contributed by atoms with E-state index in [4.69, 9.17) is 9.47 Å². The van der Waals surface area contributed by atoms with Crippen LogP contribution in [0.1, 0.15) is 19.8 Å². The second kappa shape index (κ2) is 9.11. The second-order valence-corrected chi connectivity index (χ2v) is 7.10. The quantitative estimate of drug-likeness (QED) is 0.635. The van der Waals surface area contributed by atoms with Crippen LogP contribution in [-0.2, 0) is 14.3 Å². The van der Waals surface area contributed by atoms with Crippen LogP contribution >= 0.6 is 0 Å². The molecule has 0 unspecified atom stereocenters. The Kier molecular flexibility index (Phi) is 6.35. The summed E-state index contributed by atoms with van der Waals surface area (Å²) in [6.07, 6.45) is 1.83. The smallest absolute Gasteiger partial charge is 0.344 e. The third kappa shape index (κ3) is 5.98. The van der Waals surface area contributed by atoms with Crippen LogP contribution in [0.25, 0.3) is 0 Å². The number of hydrogen-bond donors (Lipinski definition) is 2. The lowest BCUT2D eigenvalue weighted by atomic mass is 9.98. The summed E-state index contributed by atoms with van der Waals surface area (Å²) in [7, 11) is 0. The van der Waals surface area contributed by atoms with Crippen LogP contribution in [0.3, 0.4) is 0 Å². The average Bonchev–Trinajstić information content (AvgIpc) is 3.58. The van der Waals surface area contributed by atoms with Gasteiger partial charge in [-0.2, -0.15) is 5.26 Å². The van der Waals surface area contributed by atoms with Crippen molar-refractivity contribution in [1.82, 2.24) is 5.32 Å². The van der Waals surface area contributed by atoms with Crippen molar-refractivity contribution in [2.45, 2.75) is 25.3 Å². The fourth-order valence-corrected chi connectivity index (χ4v) is 2.86. The van der Waals surface area contributed by atoms with Crippen molar-refractivity contribution in [3.63, 3.8) is 0 Å². The van der Waals surface area contributed by atoms with E-state index in [-0.39, 0.29) is 12.5 Å². The van der Waals surface area contributed by atoms with Crippen molar-refractivity contribution in [3.8, 4) is 11.8 Å². The number of esters is 1. The third-order valence-corrected chi connectivity index (χ3v) is 4.66. The van der Waals surface area contributed by atoms with Crippen LogP contribution in [0, 0.1) is 17.2 Å². The average molecular weight is 393 g/mol. The van der Waals surface area contributed by atoms with Crippen LogP contribution in [-0.4, -0.2) is 30.6 Å². The Bertz CT molecular complexity index is 889. The number of hydrogen-bond acceptors (Lipinski definition) is 6. The molecule has 0 bridgehead atoms. The number of ether oxygens (including phenoxy) is 2. The van der Waals surface area contributed by atoms with Gasteiger partial charge < -0.3 is 20.1 Å². The van der Waals surface area contributed by atoms with Gasteiger partial charge in [-0.05, 0) is 62.1 Å². The minimum absolute atomic E-state index is 0.162. The SMILES string of the molecule is C[C@](C#N)(NC(=O)COC(=O)COc1ccc(Nc2ccccc2)cc1)C1CC1. The summed E-state index contributed by atoms with van der Waals surface area (Å²) >= 11 is 0. The molecular formula is C22H23N3O4. The van der Waals surface area contributed by atoms with E-state index in [1.54, 1.807) is 19.1 Å². The number of rotatable bonds is 9. The molecule has 2 aromatic carbocycles. The van der Waals surface area contributed by atoms with Crippen LogP contribution in [0.2, 0.25) is 0 Å². The largest absolute Gasteiger partial charge is 0.482 e. The Labute approximate surface area is 169 Å². The topological polar surface area (TPSA) is 100 Å². The number of nitriles is 1. The first-order chi connectivity index (χ1) is 14.0. The summed E-state index contributed by atoms with van der Waals surface area (Å²) in [6.45, 7) is 0.937. The normalized spacial score (nSPS) is 14.8. The molecule has 0 aliphatic heterocycles. The standard InChI is InChI=1S/C22H23N3O4/c1-22(15-23,16-7-8-16)25-20(26)13-29-21(27)14-28-19-11-9-18(10-12-19)24-17-5-3-2-4-6-17/h2-6,9-12,16,24H,7-8,13-14H2,1H3,(H,25,26)/t22-/m1/s1. The number of para-hydroxylation sites is 1. The van der Waals surface area contributed by atoms with Crippen molar-refractivity contribution in [3.05, 3.63) is 54.6 Å². The Hall–Kier alpha value is -3.53. The van der Waals surface area contributed by atoms with Crippen molar-refractivity contribution < 1.29 is 19.1 Å². The maximum atomic E-state index is 11.9. The van der Waals surface area contributed by atoms with Gasteiger partial charge in [-0.1, -0.05) is 18.2 Å². The summed E-state index contributed by atoms with van der Waals surface area (Å²) in [5.41, 5.74) is 0.950. The first-order valence-corrected chi connectivity index (χ1v) is 9.41. The van der Waals surface area contributed by atoms with E-state index in [2.05, 4.69) is 16.7 Å². The molecule has 0 saturated heterocycles. The Balaban J connectivity index is 1.39. The van der Waals surface area contributed by atoms with E-state index in [0.717, 1.165) is 24.2 Å². The molecule has 1 atom stereocenters. The molecule has 7 nitrogen and oxygen atoms in total. The lowest BCUT2D eigenvalue weighted by Crippen LogP contribution is -2.48. The zero-order chi connectivity index (χ0) is 20.7.